The number of halogens is 1. The van der Waals surface area contributed by atoms with Crippen molar-refractivity contribution in [3.05, 3.63) is 34.9 Å². The van der Waals surface area contributed by atoms with E-state index in [2.05, 4.69) is 13.8 Å². The minimum Gasteiger partial charge on any atom is -0.392 e. The summed E-state index contributed by atoms with van der Waals surface area (Å²) in [6.07, 6.45) is 3.52. The molecule has 0 saturated heterocycles. The Labute approximate surface area is 121 Å². The fourth-order valence-electron chi connectivity index (χ4n) is 3.49. The number of benzene rings is 1. The Hall–Kier alpha value is -0.570. The maximum atomic E-state index is 10.8. The molecule has 3 N–H and O–H groups in total. The average Bonchev–Trinajstić information content (AvgIpc) is 2.38. The van der Waals surface area contributed by atoms with Gasteiger partial charge in [-0.25, -0.2) is 0 Å². The van der Waals surface area contributed by atoms with E-state index >= 15 is 0 Å². The number of rotatable bonds is 3. The van der Waals surface area contributed by atoms with Gasteiger partial charge in [-0.05, 0) is 36.3 Å². The lowest BCUT2D eigenvalue weighted by Gasteiger charge is -2.49. The molecule has 0 radical (unpaired) electrons. The standard InChI is InChI=1S/C16H24ClNO/c1-15(2)8-5-9-16(11-18,14(15)19)10-12-6-3-4-7-13(12)17/h3-4,6-7,14,19H,5,8-11,18H2,1-2H3. The zero-order valence-electron chi connectivity index (χ0n) is 11.8. The van der Waals surface area contributed by atoms with Crippen LogP contribution in [-0.4, -0.2) is 17.8 Å². The molecule has 1 aromatic rings. The largest absolute Gasteiger partial charge is 0.392 e. The molecule has 1 aliphatic rings. The van der Waals surface area contributed by atoms with Crippen LogP contribution >= 0.6 is 11.6 Å². The van der Waals surface area contributed by atoms with Gasteiger partial charge in [-0.3, -0.25) is 0 Å². The third kappa shape index (κ3) is 2.81. The molecule has 3 heteroatoms. The molecular weight excluding hydrogens is 258 g/mol. The Morgan fingerprint density at radius 2 is 2.00 bits per heavy atom. The zero-order valence-corrected chi connectivity index (χ0v) is 12.6. The summed E-state index contributed by atoms with van der Waals surface area (Å²) in [5.41, 5.74) is 6.82. The number of aliphatic hydroxyl groups is 1. The van der Waals surface area contributed by atoms with Crippen LogP contribution in [0.4, 0.5) is 0 Å². The van der Waals surface area contributed by atoms with Crippen molar-refractivity contribution < 1.29 is 5.11 Å². The Balaban J connectivity index is 2.30. The molecule has 1 fully saturated rings. The zero-order chi connectivity index (χ0) is 14.1. The van der Waals surface area contributed by atoms with E-state index in [9.17, 15) is 5.11 Å². The van der Waals surface area contributed by atoms with Crippen LogP contribution in [0.5, 0.6) is 0 Å². The quantitative estimate of drug-likeness (QED) is 0.892. The van der Waals surface area contributed by atoms with Crippen LogP contribution in [0.3, 0.4) is 0 Å². The van der Waals surface area contributed by atoms with E-state index in [1.165, 1.54) is 0 Å². The molecule has 106 valence electrons. The number of nitrogens with two attached hydrogens (primary N) is 1. The third-order valence-corrected chi connectivity index (χ3v) is 5.09. The van der Waals surface area contributed by atoms with Gasteiger partial charge in [0.2, 0.25) is 0 Å². The topological polar surface area (TPSA) is 46.2 Å². The normalized spacial score (nSPS) is 30.3. The lowest BCUT2D eigenvalue weighted by molar-refractivity contribution is -0.0884. The van der Waals surface area contributed by atoms with Crippen LogP contribution in [-0.2, 0) is 6.42 Å². The van der Waals surface area contributed by atoms with Crippen molar-refractivity contribution in [3.63, 3.8) is 0 Å². The third-order valence-electron chi connectivity index (χ3n) is 4.72. The predicted molar refractivity (Wildman–Crippen MR) is 80.3 cm³/mol. The van der Waals surface area contributed by atoms with Gasteiger partial charge >= 0.3 is 0 Å². The Bertz CT molecular complexity index is 446. The molecule has 2 atom stereocenters. The molecule has 19 heavy (non-hydrogen) atoms. The second-order valence-corrected chi connectivity index (χ2v) is 6.99. The highest BCUT2D eigenvalue weighted by Gasteiger charge is 2.47. The first-order valence-corrected chi connectivity index (χ1v) is 7.41. The Kier molecular flexibility index (Phi) is 4.24. The van der Waals surface area contributed by atoms with E-state index < -0.39 is 0 Å². The fraction of sp³-hybridized carbons (Fsp3) is 0.625. The molecule has 2 nitrogen and oxygen atoms in total. The van der Waals surface area contributed by atoms with Crippen LogP contribution in [0, 0.1) is 10.8 Å². The molecule has 1 aliphatic carbocycles. The molecule has 0 aromatic heterocycles. The molecule has 0 spiro atoms. The fourth-order valence-corrected chi connectivity index (χ4v) is 3.69. The van der Waals surface area contributed by atoms with Gasteiger partial charge in [0.05, 0.1) is 6.10 Å². The van der Waals surface area contributed by atoms with Crippen LogP contribution < -0.4 is 5.73 Å². The van der Waals surface area contributed by atoms with Gasteiger partial charge in [-0.2, -0.15) is 0 Å². The van der Waals surface area contributed by atoms with Crippen molar-refractivity contribution in [2.45, 2.75) is 45.6 Å². The summed E-state index contributed by atoms with van der Waals surface area (Å²) in [5, 5.41) is 11.5. The highest BCUT2D eigenvalue weighted by Crippen LogP contribution is 2.48. The van der Waals surface area contributed by atoms with Crippen LogP contribution in [0.15, 0.2) is 24.3 Å². The summed E-state index contributed by atoms with van der Waals surface area (Å²) in [5.74, 6) is 0. The van der Waals surface area contributed by atoms with Gasteiger partial charge in [0.1, 0.15) is 0 Å². The van der Waals surface area contributed by atoms with Crippen LogP contribution in [0.25, 0.3) is 0 Å². The van der Waals surface area contributed by atoms with E-state index in [0.29, 0.717) is 6.54 Å². The van der Waals surface area contributed by atoms with Gasteiger partial charge in [-0.1, -0.05) is 50.1 Å². The predicted octanol–water partition coefficient (Wildman–Crippen LogP) is 3.40. The second kappa shape index (κ2) is 5.43. The average molecular weight is 282 g/mol. The maximum absolute atomic E-state index is 10.8. The van der Waals surface area contributed by atoms with E-state index in [4.69, 9.17) is 17.3 Å². The molecule has 1 saturated carbocycles. The summed E-state index contributed by atoms with van der Waals surface area (Å²) in [7, 11) is 0. The summed E-state index contributed by atoms with van der Waals surface area (Å²) < 4.78 is 0. The molecular formula is C16H24ClNO. The minimum absolute atomic E-state index is 0.0706. The van der Waals surface area contributed by atoms with Crippen molar-refractivity contribution >= 4 is 11.6 Å². The Morgan fingerprint density at radius 3 is 2.63 bits per heavy atom. The smallest absolute Gasteiger partial charge is 0.0662 e. The van der Waals surface area contributed by atoms with Gasteiger partial charge < -0.3 is 10.8 Å². The molecule has 0 bridgehead atoms. The second-order valence-electron chi connectivity index (χ2n) is 6.58. The summed E-state index contributed by atoms with van der Waals surface area (Å²) in [6.45, 7) is 4.77. The molecule has 2 unspecified atom stereocenters. The van der Waals surface area contributed by atoms with E-state index in [1.807, 2.05) is 24.3 Å². The van der Waals surface area contributed by atoms with Crippen LogP contribution in [0.1, 0.15) is 38.7 Å². The minimum atomic E-state index is -0.380. The summed E-state index contributed by atoms with van der Waals surface area (Å²) in [6, 6.07) is 7.86. The number of hydrogen-bond donors (Lipinski definition) is 2. The summed E-state index contributed by atoms with van der Waals surface area (Å²) in [4.78, 5) is 0. The van der Waals surface area contributed by atoms with E-state index in [1.54, 1.807) is 0 Å². The lowest BCUT2D eigenvalue weighted by Crippen LogP contribution is -2.53. The first-order chi connectivity index (χ1) is 8.91. The van der Waals surface area contributed by atoms with E-state index in [0.717, 1.165) is 36.3 Å². The molecule has 1 aromatic carbocycles. The summed E-state index contributed by atoms with van der Waals surface area (Å²) >= 11 is 6.26. The molecule has 0 aliphatic heterocycles. The molecule has 0 heterocycles. The van der Waals surface area contributed by atoms with Gasteiger partial charge in [-0.15, -0.1) is 0 Å². The first-order valence-electron chi connectivity index (χ1n) is 7.03. The van der Waals surface area contributed by atoms with Crippen molar-refractivity contribution in [3.8, 4) is 0 Å². The van der Waals surface area contributed by atoms with Crippen molar-refractivity contribution in [1.82, 2.24) is 0 Å². The van der Waals surface area contributed by atoms with Crippen molar-refractivity contribution in [1.29, 1.82) is 0 Å². The van der Waals surface area contributed by atoms with Gasteiger partial charge in [0.15, 0.2) is 0 Å². The van der Waals surface area contributed by atoms with Crippen LogP contribution in [0.2, 0.25) is 5.02 Å². The SMILES string of the molecule is CC1(C)CCCC(CN)(Cc2ccccc2Cl)C1O. The van der Waals surface area contributed by atoms with Gasteiger partial charge in [0.25, 0.3) is 0 Å². The monoisotopic (exact) mass is 281 g/mol. The first kappa shape index (κ1) is 14.8. The molecule has 2 rings (SSSR count). The highest BCUT2D eigenvalue weighted by atomic mass is 35.5. The number of aliphatic hydroxyl groups excluding tert-OH is 1. The van der Waals surface area contributed by atoms with Gasteiger partial charge in [0, 0.05) is 17.0 Å². The highest BCUT2D eigenvalue weighted by molar-refractivity contribution is 6.31. The van der Waals surface area contributed by atoms with Crippen molar-refractivity contribution in [2.24, 2.45) is 16.6 Å². The number of hydrogen-bond acceptors (Lipinski definition) is 2. The molecule has 0 amide bonds. The maximum Gasteiger partial charge on any atom is 0.0662 e. The van der Waals surface area contributed by atoms with E-state index in [-0.39, 0.29) is 16.9 Å². The van der Waals surface area contributed by atoms with Crippen molar-refractivity contribution in [2.75, 3.05) is 6.54 Å². The Morgan fingerprint density at radius 1 is 1.32 bits per heavy atom. The lowest BCUT2D eigenvalue weighted by atomic mass is 9.59.